The number of thiazole rings is 1. The summed E-state index contributed by atoms with van der Waals surface area (Å²) in [6.07, 6.45) is 6.99. The Morgan fingerprint density at radius 3 is 2.60 bits per heavy atom. The number of thioether (sulfide) groups is 1. The third-order valence-corrected chi connectivity index (χ3v) is 11.6. The average molecular weight is 633 g/mol. The summed E-state index contributed by atoms with van der Waals surface area (Å²) in [6, 6.07) is 18.7. The number of rotatable bonds is 9. The molecule has 2 aliphatic rings. The maximum atomic E-state index is 13.2. The molecule has 0 saturated carbocycles. The van der Waals surface area contributed by atoms with Crippen LogP contribution in [-0.2, 0) is 16.4 Å². The minimum absolute atomic E-state index is 0.0451. The van der Waals surface area contributed by atoms with Gasteiger partial charge in [-0.05, 0) is 87.1 Å². The molecule has 0 radical (unpaired) electrons. The fraction of sp³-hybridized carbons (Fsp3) is 0.281. The van der Waals surface area contributed by atoms with Gasteiger partial charge in [-0.15, -0.1) is 23.1 Å². The molecular weight excluding hydrogens is 601 g/mol. The lowest BCUT2D eigenvalue weighted by Crippen LogP contribution is -2.30. The van der Waals surface area contributed by atoms with Gasteiger partial charge in [-0.25, -0.2) is 13.4 Å². The lowest BCUT2D eigenvalue weighted by atomic mass is 10.1. The fourth-order valence-corrected chi connectivity index (χ4v) is 8.63. The van der Waals surface area contributed by atoms with E-state index in [2.05, 4.69) is 44.8 Å². The number of nitrogens with one attached hydrogen (secondary N) is 2. The van der Waals surface area contributed by atoms with E-state index in [1.54, 1.807) is 18.3 Å². The maximum absolute atomic E-state index is 13.2. The zero-order valence-electron chi connectivity index (χ0n) is 23.5. The molecule has 43 heavy (non-hydrogen) atoms. The first kappa shape index (κ1) is 29.6. The standard InChI is InChI=1S/C32H32N4O4S3/c37-30(23-11-14-29-27(19-23)35-31(38)26-7-2-3-8-28(26)43(29,39)40)33-20-25-21-34-32(42-25)22-9-12-24(13-10-22)41-18-6-17-36-15-4-1-5-16-36/h2-3,7-14,19,21H,1,4-6,15-18,20H2,(H,33,37)(H,35,38). The predicted octanol–water partition coefficient (Wildman–Crippen LogP) is 6.11. The van der Waals surface area contributed by atoms with Gasteiger partial charge in [0.2, 0.25) is 9.84 Å². The van der Waals surface area contributed by atoms with Crippen molar-refractivity contribution in [3.63, 3.8) is 0 Å². The topological polar surface area (TPSA) is 108 Å². The van der Waals surface area contributed by atoms with Gasteiger partial charge in [0.05, 0.1) is 27.6 Å². The number of benzene rings is 3. The Labute approximate surface area is 259 Å². The molecule has 6 rings (SSSR count). The Hall–Kier alpha value is -3.51. The van der Waals surface area contributed by atoms with E-state index in [4.69, 9.17) is 0 Å². The van der Waals surface area contributed by atoms with E-state index >= 15 is 0 Å². The van der Waals surface area contributed by atoms with Gasteiger partial charge in [0.1, 0.15) is 5.01 Å². The van der Waals surface area contributed by atoms with Gasteiger partial charge in [-0.2, -0.15) is 0 Å². The molecular formula is C32H32N4O4S3. The molecule has 222 valence electrons. The molecule has 0 aliphatic carbocycles. The maximum Gasteiger partial charge on any atom is 0.257 e. The van der Waals surface area contributed by atoms with Gasteiger partial charge in [0, 0.05) is 27.1 Å². The van der Waals surface area contributed by atoms with Crippen LogP contribution in [0.3, 0.4) is 0 Å². The van der Waals surface area contributed by atoms with Gasteiger partial charge in [-0.1, -0.05) is 30.7 Å². The van der Waals surface area contributed by atoms with Crippen LogP contribution in [0.1, 0.15) is 51.3 Å². The molecule has 4 aromatic rings. The van der Waals surface area contributed by atoms with E-state index in [1.807, 2.05) is 11.8 Å². The van der Waals surface area contributed by atoms with Crippen LogP contribution in [0.2, 0.25) is 0 Å². The second kappa shape index (κ2) is 13.0. The van der Waals surface area contributed by atoms with E-state index < -0.39 is 15.7 Å². The molecule has 1 saturated heterocycles. The molecule has 1 fully saturated rings. The van der Waals surface area contributed by atoms with Crippen molar-refractivity contribution < 1.29 is 18.0 Å². The first-order chi connectivity index (χ1) is 20.9. The van der Waals surface area contributed by atoms with Gasteiger partial charge in [-0.3, -0.25) is 9.59 Å². The summed E-state index contributed by atoms with van der Waals surface area (Å²) >= 11 is 3.40. The van der Waals surface area contributed by atoms with Crippen LogP contribution >= 0.6 is 23.1 Å². The van der Waals surface area contributed by atoms with Crippen LogP contribution in [-0.4, -0.2) is 55.5 Å². The van der Waals surface area contributed by atoms with E-state index in [0.29, 0.717) is 0 Å². The Kier molecular flexibility index (Phi) is 8.94. The Morgan fingerprint density at radius 2 is 1.79 bits per heavy atom. The molecule has 0 atom stereocenters. The number of nitrogens with zero attached hydrogens (tertiary/aromatic N) is 2. The van der Waals surface area contributed by atoms with Crippen molar-refractivity contribution in [1.29, 1.82) is 0 Å². The van der Waals surface area contributed by atoms with E-state index in [9.17, 15) is 18.0 Å². The van der Waals surface area contributed by atoms with Crippen molar-refractivity contribution in [2.45, 2.75) is 46.9 Å². The molecule has 11 heteroatoms. The third kappa shape index (κ3) is 6.70. The normalized spacial score (nSPS) is 16.0. The second-order valence-corrected chi connectivity index (χ2v) is 14.8. The van der Waals surface area contributed by atoms with Gasteiger partial charge >= 0.3 is 0 Å². The predicted molar refractivity (Wildman–Crippen MR) is 171 cm³/mol. The van der Waals surface area contributed by atoms with E-state index in [0.717, 1.165) is 21.2 Å². The van der Waals surface area contributed by atoms with Crippen LogP contribution < -0.4 is 10.6 Å². The van der Waals surface area contributed by atoms with E-state index in [-0.39, 0.29) is 39.1 Å². The van der Waals surface area contributed by atoms with Crippen molar-refractivity contribution in [2.24, 2.45) is 0 Å². The number of carbonyl (C=O) groups is 2. The number of hydrogen-bond donors (Lipinski definition) is 2. The van der Waals surface area contributed by atoms with Crippen LogP contribution in [0.5, 0.6) is 0 Å². The van der Waals surface area contributed by atoms with Crippen LogP contribution in [0.25, 0.3) is 10.6 Å². The Bertz CT molecular complexity index is 1750. The summed E-state index contributed by atoms with van der Waals surface area (Å²) in [6.45, 7) is 3.95. The minimum Gasteiger partial charge on any atom is -0.347 e. The molecule has 2 aliphatic heterocycles. The highest BCUT2D eigenvalue weighted by Crippen LogP contribution is 2.34. The number of fused-ring (bicyclic) bond motifs is 2. The average Bonchev–Trinajstić information content (AvgIpc) is 3.49. The SMILES string of the molecule is O=C(NCc1cnc(-c2ccc(SCCCN3CCCCC3)cc2)s1)c1ccc2c(c1)NC(=O)c1ccccc1S2(=O)=O. The van der Waals surface area contributed by atoms with Crippen LogP contribution in [0, 0.1) is 0 Å². The molecule has 0 unspecified atom stereocenters. The van der Waals surface area contributed by atoms with Crippen molar-refractivity contribution in [1.82, 2.24) is 15.2 Å². The van der Waals surface area contributed by atoms with Crippen LogP contribution in [0.4, 0.5) is 5.69 Å². The number of anilines is 1. The number of aromatic nitrogens is 1. The minimum atomic E-state index is -3.93. The largest absolute Gasteiger partial charge is 0.347 e. The number of piperidine rings is 1. The van der Waals surface area contributed by atoms with Crippen molar-refractivity contribution in [3.05, 3.63) is 88.9 Å². The fourth-order valence-electron chi connectivity index (χ4n) is 5.35. The molecule has 1 aromatic heterocycles. The Morgan fingerprint density at radius 1 is 1.00 bits per heavy atom. The molecule has 0 spiro atoms. The second-order valence-electron chi connectivity index (χ2n) is 10.6. The highest BCUT2D eigenvalue weighted by Gasteiger charge is 2.31. The lowest BCUT2D eigenvalue weighted by molar-refractivity contribution is 0.0949. The zero-order chi connectivity index (χ0) is 29.8. The molecule has 2 amide bonds. The number of sulfone groups is 1. The van der Waals surface area contributed by atoms with Crippen molar-refractivity contribution in [2.75, 3.05) is 30.7 Å². The number of amides is 2. The van der Waals surface area contributed by atoms with Gasteiger partial charge in [0.25, 0.3) is 11.8 Å². The smallest absolute Gasteiger partial charge is 0.257 e. The molecule has 3 heterocycles. The van der Waals surface area contributed by atoms with Crippen LogP contribution in [0.15, 0.2) is 87.6 Å². The molecule has 8 nitrogen and oxygen atoms in total. The van der Waals surface area contributed by atoms with Gasteiger partial charge in [0.15, 0.2) is 0 Å². The molecule has 2 N–H and O–H groups in total. The first-order valence-electron chi connectivity index (χ1n) is 14.4. The monoisotopic (exact) mass is 632 g/mol. The summed E-state index contributed by atoms with van der Waals surface area (Å²) in [4.78, 5) is 34.8. The summed E-state index contributed by atoms with van der Waals surface area (Å²) < 4.78 is 26.4. The summed E-state index contributed by atoms with van der Waals surface area (Å²) in [5.41, 5.74) is 1.43. The van der Waals surface area contributed by atoms with Crippen molar-refractivity contribution in [3.8, 4) is 10.6 Å². The number of carbonyl (C=O) groups excluding carboxylic acids is 2. The quantitative estimate of drug-likeness (QED) is 0.169. The number of likely N-dealkylation sites (tertiary alicyclic amines) is 1. The Balaban J connectivity index is 1.04. The van der Waals surface area contributed by atoms with Crippen molar-refractivity contribution >= 4 is 50.4 Å². The highest BCUT2D eigenvalue weighted by atomic mass is 32.2. The number of hydrogen-bond acceptors (Lipinski definition) is 8. The summed E-state index contributed by atoms with van der Waals surface area (Å²) in [5.74, 6) is 0.191. The zero-order valence-corrected chi connectivity index (χ0v) is 26.0. The highest BCUT2D eigenvalue weighted by molar-refractivity contribution is 7.99. The molecule has 3 aromatic carbocycles. The third-order valence-electron chi connectivity index (χ3n) is 7.61. The summed E-state index contributed by atoms with van der Waals surface area (Å²) in [7, 11) is -3.93. The molecule has 0 bridgehead atoms. The summed E-state index contributed by atoms with van der Waals surface area (Å²) in [5, 5.41) is 6.40. The van der Waals surface area contributed by atoms with E-state index in [1.165, 1.54) is 91.9 Å². The lowest BCUT2D eigenvalue weighted by Gasteiger charge is -2.26. The first-order valence-corrected chi connectivity index (χ1v) is 17.6. The van der Waals surface area contributed by atoms with Gasteiger partial charge < -0.3 is 15.5 Å².